The number of rotatable bonds is 3. The summed E-state index contributed by atoms with van der Waals surface area (Å²) in [5.41, 5.74) is 5.40. The van der Waals surface area contributed by atoms with Crippen LogP contribution in [0.25, 0.3) is 22.4 Å². The number of aromatic amines is 1. The monoisotopic (exact) mass is 297 g/mol. The topological polar surface area (TPSA) is 41.6 Å². The maximum atomic E-state index is 5.98. The van der Waals surface area contributed by atoms with Crippen LogP contribution in [0.1, 0.15) is 25.5 Å². The first kappa shape index (κ1) is 13.8. The predicted molar refractivity (Wildman–Crippen MR) is 86.4 cm³/mol. The van der Waals surface area contributed by atoms with Gasteiger partial charge in [0.1, 0.15) is 0 Å². The SMILES string of the molecule is CC(C)c1n[nH]c(-c2ccc(Cl)cc2)c1-c1ccncc1. The van der Waals surface area contributed by atoms with Crippen molar-refractivity contribution in [2.75, 3.05) is 0 Å². The maximum absolute atomic E-state index is 5.98. The lowest BCUT2D eigenvalue weighted by Crippen LogP contribution is -1.91. The van der Waals surface area contributed by atoms with Gasteiger partial charge in [-0.3, -0.25) is 10.1 Å². The first-order valence-corrected chi connectivity index (χ1v) is 7.29. The molecule has 4 heteroatoms. The van der Waals surface area contributed by atoms with E-state index >= 15 is 0 Å². The number of hydrogen-bond donors (Lipinski definition) is 1. The predicted octanol–water partition coefficient (Wildman–Crippen LogP) is 4.92. The molecule has 0 aliphatic heterocycles. The summed E-state index contributed by atoms with van der Waals surface area (Å²) in [4.78, 5) is 4.10. The lowest BCUT2D eigenvalue weighted by atomic mass is 9.95. The molecule has 106 valence electrons. The number of nitrogens with one attached hydrogen (secondary N) is 1. The summed E-state index contributed by atoms with van der Waals surface area (Å²) in [5, 5.41) is 8.42. The number of pyridine rings is 1. The second-order valence-electron chi connectivity index (χ2n) is 5.26. The fourth-order valence-electron chi connectivity index (χ4n) is 2.41. The van der Waals surface area contributed by atoms with E-state index in [0.29, 0.717) is 5.92 Å². The molecule has 0 atom stereocenters. The van der Waals surface area contributed by atoms with Crippen LogP contribution in [-0.4, -0.2) is 15.2 Å². The molecule has 3 aromatic rings. The van der Waals surface area contributed by atoms with E-state index in [2.05, 4.69) is 29.0 Å². The number of halogens is 1. The molecule has 1 N–H and O–H groups in total. The average Bonchev–Trinajstić information content (AvgIpc) is 2.94. The Morgan fingerprint density at radius 3 is 2.24 bits per heavy atom. The molecule has 0 saturated carbocycles. The van der Waals surface area contributed by atoms with Gasteiger partial charge in [0.2, 0.25) is 0 Å². The van der Waals surface area contributed by atoms with Crippen molar-refractivity contribution in [3.05, 3.63) is 59.5 Å². The van der Waals surface area contributed by atoms with Crippen molar-refractivity contribution in [3.8, 4) is 22.4 Å². The van der Waals surface area contributed by atoms with Crippen LogP contribution in [0, 0.1) is 0 Å². The van der Waals surface area contributed by atoms with Gasteiger partial charge in [0.25, 0.3) is 0 Å². The number of benzene rings is 1. The molecule has 1 aromatic carbocycles. The normalized spacial score (nSPS) is 11.0. The van der Waals surface area contributed by atoms with Crippen LogP contribution in [0.4, 0.5) is 0 Å². The fraction of sp³-hybridized carbons (Fsp3) is 0.176. The van der Waals surface area contributed by atoms with Crippen LogP contribution in [0.15, 0.2) is 48.8 Å². The molecular formula is C17H16ClN3. The fourth-order valence-corrected chi connectivity index (χ4v) is 2.54. The second-order valence-corrected chi connectivity index (χ2v) is 5.69. The zero-order valence-corrected chi connectivity index (χ0v) is 12.7. The van der Waals surface area contributed by atoms with Crippen LogP contribution >= 0.6 is 11.6 Å². The van der Waals surface area contributed by atoms with Gasteiger partial charge in [-0.05, 0) is 35.7 Å². The molecule has 0 saturated heterocycles. The standard InChI is InChI=1S/C17H16ClN3/c1-11(2)16-15(12-7-9-19-10-8-12)17(21-20-16)13-3-5-14(18)6-4-13/h3-11H,1-2H3,(H,20,21). The zero-order valence-electron chi connectivity index (χ0n) is 12.0. The molecule has 3 rings (SSSR count). The van der Waals surface area contributed by atoms with Gasteiger partial charge < -0.3 is 0 Å². The Labute approximate surface area is 129 Å². The Hall–Kier alpha value is -2.13. The Morgan fingerprint density at radius 2 is 1.62 bits per heavy atom. The molecule has 0 aliphatic rings. The molecule has 0 aliphatic carbocycles. The minimum Gasteiger partial charge on any atom is -0.277 e. The Bertz CT molecular complexity index is 730. The highest BCUT2D eigenvalue weighted by Gasteiger charge is 2.18. The van der Waals surface area contributed by atoms with E-state index in [1.807, 2.05) is 36.4 Å². The van der Waals surface area contributed by atoms with E-state index in [9.17, 15) is 0 Å². The van der Waals surface area contributed by atoms with E-state index in [4.69, 9.17) is 11.6 Å². The molecule has 0 radical (unpaired) electrons. The molecule has 3 nitrogen and oxygen atoms in total. The highest BCUT2D eigenvalue weighted by molar-refractivity contribution is 6.30. The average molecular weight is 298 g/mol. The number of nitrogens with zero attached hydrogens (tertiary/aromatic N) is 2. The van der Waals surface area contributed by atoms with Crippen LogP contribution in [-0.2, 0) is 0 Å². The van der Waals surface area contributed by atoms with Gasteiger partial charge in [0.15, 0.2) is 0 Å². The first-order valence-electron chi connectivity index (χ1n) is 6.91. The van der Waals surface area contributed by atoms with Gasteiger partial charge in [-0.25, -0.2) is 0 Å². The van der Waals surface area contributed by atoms with Gasteiger partial charge in [-0.15, -0.1) is 0 Å². The quantitative estimate of drug-likeness (QED) is 0.746. The summed E-state index contributed by atoms with van der Waals surface area (Å²) in [5.74, 6) is 0.338. The molecule has 2 aromatic heterocycles. The minimum absolute atomic E-state index is 0.338. The number of H-pyrrole nitrogens is 1. The van der Waals surface area contributed by atoms with Crippen molar-refractivity contribution in [2.45, 2.75) is 19.8 Å². The van der Waals surface area contributed by atoms with Crippen molar-refractivity contribution in [3.63, 3.8) is 0 Å². The maximum Gasteiger partial charge on any atom is 0.0732 e. The molecule has 0 spiro atoms. The smallest absolute Gasteiger partial charge is 0.0732 e. The van der Waals surface area contributed by atoms with Crippen LogP contribution in [0.2, 0.25) is 5.02 Å². The molecule has 0 fully saturated rings. The lowest BCUT2D eigenvalue weighted by Gasteiger charge is -2.08. The number of aromatic nitrogens is 3. The van der Waals surface area contributed by atoms with Crippen LogP contribution in [0.5, 0.6) is 0 Å². The summed E-state index contributed by atoms with van der Waals surface area (Å²) in [7, 11) is 0. The summed E-state index contributed by atoms with van der Waals surface area (Å²) in [6.07, 6.45) is 3.61. The third-order valence-electron chi connectivity index (χ3n) is 3.44. The van der Waals surface area contributed by atoms with Crippen molar-refractivity contribution in [1.82, 2.24) is 15.2 Å². The van der Waals surface area contributed by atoms with E-state index in [-0.39, 0.29) is 0 Å². The van der Waals surface area contributed by atoms with E-state index in [1.165, 1.54) is 0 Å². The Morgan fingerprint density at radius 1 is 0.952 bits per heavy atom. The second kappa shape index (κ2) is 5.70. The largest absolute Gasteiger partial charge is 0.277 e. The van der Waals surface area contributed by atoms with Gasteiger partial charge in [-0.1, -0.05) is 37.6 Å². The van der Waals surface area contributed by atoms with Crippen LogP contribution in [0.3, 0.4) is 0 Å². The first-order chi connectivity index (χ1) is 10.2. The molecule has 0 amide bonds. The Balaban J connectivity index is 2.20. The molecule has 21 heavy (non-hydrogen) atoms. The van der Waals surface area contributed by atoms with Crippen molar-refractivity contribution in [2.24, 2.45) is 0 Å². The summed E-state index contributed by atoms with van der Waals surface area (Å²) in [6.45, 7) is 4.29. The minimum atomic E-state index is 0.338. The van der Waals surface area contributed by atoms with Gasteiger partial charge in [0, 0.05) is 28.5 Å². The van der Waals surface area contributed by atoms with Crippen LogP contribution < -0.4 is 0 Å². The molecule has 0 bridgehead atoms. The Kier molecular flexibility index (Phi) is 3.76. The third-order valence-corrected chi connectivity index (χ3v) is 3.70. The van der Waals surface area contributed by atoms with E-state index in [0.717, 1.165) is 33.1 Å². The number of hydrogen-bond acceptors (Lipinski definition) is 2. The summed E-state index contributed by atoms with van der Waals surface area (Å²) < 4.78 is 0. The summed E-state index contributed by atoms with van der Waals surface area (Å²) >= 11 is 5.98. The van der Waals surface area contributed by atoms with Gasteiger partial charge in [-0.2, -0.15) is 5.10 Å². The summed E-state index contributed by atoms with van der Waals surface area (Å²) in [6, 6.07) is 11.8. The molecule has 2 heterocycles. The van der Waals surface area contributed by atoms with E-state index < -0.39 is 0 Å². The third kappa shape index (κ3) is 2.69. The van der Waals surface area contributed by atoms with Gasteiger partial charge in [0.05, 0.1) is 11.4 Å². The van der Waals surface area contributed by atoms with Crippen molar-refractivity contribution in [1.29, 1.82) is 0 Å². The molecule has 0 unspecified atom stereocenters. The highest BCUT2D eigenvalue weighted by Crippen LogP contribution is 2.36. The van der Waals surface area contributed by atoms with E-state index in [1.54, 1.807) is 12.4 Å². The van der Waals surface area contributed by atoms with Crippen molar-refractivity contribution < 1.29 is 0 Å². The lowest BCUT2D eigenvalue weighted by molar-refractivity contribution is 0.812. The molecular weight excluding hydrogens is 282 g/mol. The van der Waals surface area contributed by atoms with Gasteiger partial charge >= 0.3 is 0 Å². The zero-order chi connectivity index (χ0) is 14.8. The van der Waals surface area contributed by atoms with Crippen molar-refractivity contribution >= 4 is 11.6 Å². The highest BCUT2D eigenvalue weighted by atomic mass is 35.5.